The minimum atomic E-state index is -0.481. The van der Waals surface area contributed by atoms with Gasteiger partial charge in [-0.3, -0.25) is 15.0 Å². The van der Waals surface area contributed by atoms with Crippen LogP contribution in [0.3, 0.4) is 0 Å². The van der Waals surface area contributed by atoms with Crippen molar-refractivity contribution in [3.05, 3.63) is 57.9 Å². The van der Waals surface area contributed by atoms with Crippen molar-refractivity contribution in [2.45, 2.75) is 34.1 Å². The Morgan fingerprint density at radius 1 is 1.11 bits per heavy atom. The smallest absolute Gasteiger partial charge is 0.283 e. The number of aliphatic imine (C=N–C) groups is 1. The second-order valence-corrected chi connectivity index (χ2v) is 10.2. The lowest BCUT2D eigenvalue weighted by molar-refractivity contribution is -0.133. The topological polar surface area (TPSA) is 103 Å². The van der Waals surface area contributed by atoms with Gasteiger partial charge in [-0.15, -0.1) is 0 Å². The zero-order valence-electron chi connectivity index (χ0n) is 20.8. The Bertz CT molecular complexity index is 1360. The average Bonchev–Trinajstić information content (AvgIpc) is 3.35. The molecular formula is C26H28N6O3S. The normalized spacial score (nSPS) is 19.1. The fraction of sp³-hybridized carbons (Fsp3) is 0.346. The van der Waals surface area contributed by atoms with E-state index in [-0.39, 0.29) is 23.7 Å². The van der Waals surface area contributed by atoms with Crippen LogP contribution in [-0.4, -0.2) is 68.6 Å². The number of hydrogen-bond donors (Lipinski definition) is 1. The Hall–Kier alpha value is -3.50. The molecule has 0 radical (unpaired) electrons. The Kier molecular flexibility index (Phi) is 6.40. The minimum absolute atomic E-state index is 0.0393. The van der Waals surface area contributed by atoms with E-state index in [0.29, 0.717) is 36.5 Å². The zero-order valence-corrected chi connectivity index (χ0v) is 21.6. The highest BCUT2D eigenvalue weighted by Gasteiger charge is 2.36. The van der Waals surface area contributed by atoms with E-state index in [4.69, 9.17) is 10.1 Å². The third-order valence-corrected chi connectivity index (χ3v) is 7.31. The summed E-state index contributed by atoms with van der Waals surface area (Å²) in [6, 6.07) is 8.40. The number of nitrogens with one attached hydrogen (secondary N) is 1. The van der Waals surface area contributed by atoms with Crippen LogP contribution >= 0.6 is 11.8 Å². The molecule has 2 amide bonds. The van der Waals surface area contributed by atoms with Gasteiger partial charge in [0, 0.05) is 30.2 Å². The van der Waals surface area contributed by atoms with Crippen LogP contribution < -0.4 is 0 Å². The number of hydrogen-bond acceptors (Lipinski definition) is 6. The van der Waals surface area contributed by atoms with Crippen molar-refractivity contribution in [1.82, 2.24) is 14.5 Å². The lowest BCUT2D eigenvalue weighted by Gasteiger charge is -2.26. The summed E-state index contributed by atoms with van der Waals surface area (Å²) in [6.07, 6.45) is 1.82. The van der Waals surface area contributed by atoms with Crippen molar-refractivity contribution < 1.29 is 14.3 Å². The van der Waals surface area contributed by atoms with Gasteiger partial charge < -0.3 is 14.2 Å². The summed E-state index contributed by atoms with van der Waals surface area (Å²) in [6.45, 7) is 10.3. The number of morpholine rings is 1. The fourth-order valence-corrected chi connectivity index (χ4v) is 5.60. The molecule has 1 saturated heterocycles. The van der Waals surface area contributed by atoms with Crippen molar-refractivity contribution in [3.8, 4) is 5.69 Å². The number of hydrazone groups is 1. The molecule has 0 spiro atoms. The number of aromatic nitrogens is 1. The highest BCUT2D eigenvalue weighted by atomic mass is 32.2. The first-order chi connectivity index (χ1) is 17.2. The van der Waals surface area contributed by atoms with E-state index in [2.05, 4.69) is 46.7 Å². The lowest BCUT2D eigenvalue weighted by atomic mass is 10.1. The minimum Gasteiger partial charge on any atom is -0.378 e. The maximum Gasteiger partial charge on any atom is 0.283 e. The van der Waals surface area contributed by atoms with E-state index in [0.717, 1.165) is 22.6 Å². The SMILES string of the molecule is Cc1cc(C)cc(-n2c(C)cc(/C=C3/C(=N)N4N=C(CC(=O)N5CCOCC5)SC4=NC3=O)c2C)c1. The van der Waals surface area contributed by atoms with E-state index in [1.807, 2.05) is 19.9 Å². The van der Waals surface area contributed by atoms with Crippen molar-refractivity contribution in [3.63, 3.8) is 0 Å². The maximum atomic E-state index is 12.9. The molecule has 1 aromatic heterocycles. The van der Waals surface area contributed by atoms with Gasteiger partial charge in [-0.05, 0) is 80.4 Å². The molecule has 0 unspecified atom stereocenters. The fourth-order valence-electron chi connectivity index (χ4n) is 4.72. The zero-order chi connectivity index (χ0) is 25.6. The third-order valence-electron chi connectivity index (χ3n) is 6.40. The van der Waals surface area contributed by atoms with Gasteiger partial charge in [0.05, 0.1) is 25.2 Å². The number of ether oxygens (including phenoxy) is 1. The number of thioether (sulfide) groups is 1. The van der Waals surface area contributed by atoms with Gasteiger partial charge in [0.1, 0.15) is 5.04 Å². The van der Waals surface area contributed by atoms with Crippen LogP contribution in [0.5, 0.6) is 0 Å². The molecule has 0 atom stereocenters. The number of fused-ring (bicyclic) bond motifs is 1. The number of amidine groups is 2. The highest BCUT2D eigenvalue weighted by Crippen LogP contribution is 2.31. The predicted molar refractivity (Wildman–Crippen MR) is 142 cm³/mol. The van der Waals surface area contributed by atoms with Crippen LogP contribution in [-0.2, 0) is 14.3 Å². The van der Waals surface area contributed by atoms with Gasteiger partial charge >= 0.3 is 0 Å². The number of aryl methyl sites for hydroxylation is 3. The first-order valence-electron chi connectivity index (χ1n) is 11.8. The number of carbonyl (C=O) groups is 2. The van der Waals surface area contributed by atoms with E-state index >= 15 is 0 Å². The second kappa shape index (κ2) is 9.51. The summed E-state index contributed by atoms with van der Waals surface area (Å²) in [7, 11) is 0. The number of rotatable bonds is 4. The summed E-state index contributed by atoms with van der Waals surface area (Å²) in [4.78, 5) is 31.5. The third kappa shape index (κ3) is 4.54. The molecule has 3 aliphatic rings. The molecule has 186 valence electrons. The monoisotopic (exact) mass is 504 g/mol. The highest BCUT2D eigenvalue weighted by molar-refractivity contribution is 8.27. The standard InChI is InChI=1S/C26H28N6O3S/c1-15-9-16(2)11-20(10-15)31-17(3)12-19(18(31)4)13-21-24(27)32-26(28-25(21)34)36-22(29-32)14-23(33)30-5-7-35-8-6-30/h9-13,27H,5-8,14H2,1-4H3/b21-13-,27-24?. The Morgan fingerprint density at radius 3 is 2.50 bits per heavy atom. The molecule has 9 nitrogen and oxygen atoms in total. The molecule has 0 bridgehead atoms. The lowest BCUT2D eigenvalue weighted by Crippen LogP contribution is -2.41. The maximum absolute atomic E-state index is 12.9. The van der Waals surface area contributed by atoms with Crippen molar-refractivity contribution in [2.75, 3.05) is 26.3 Å². The molecule has 10 heteroatoms. The van der Waals surface area contributed by atoms with Crippen LogP contribution in [0.2, 0.25) is 0 Å². The van der Waals surface area contributed by atoms with E-state index in [1.54, 1.807) is 11.0 Å². The van der Waals surface area contributed by atoms with Crippen molar-refractivity contribution in [2.24, 2.45) is 10.1 Å². The predicted octanol–water partition coefficient (Wildman–Crippen LogP) is 3.58. The van der Waals surface area contributed by atoms with Gasteiger partial charge in [-0.2, -0.15) is 15.1 Å². The summed E-state index contributed by atoms with van der Waals surface area (Å²) in [5, 5.41) is 15.3. The van der Waals surface area contributed by atoms with Crippen molar-refractivity contribution in [1.29, 1.82) is 5.41 Å². The molecule has 36 heavy (non-hydrogen) atoms. The quantitative estimate of drug-likeness (QED) is 0.641. The van der Waals surface area contributed by atoms with Crippen LogP contribution in [0.25, 0.3) is 11.8 Å². The summed E-state index contributed by atoms with van der Waals surface area (Å²) in [5.74, 6) is -0.564. The number of amides is 2. The van der Waals surface area contributed by atoms with Gasteiger partial charge in [-0.25, -0.2) is 0 Å². The molecule has 4 heterocycles. The van der Waals surface area contributed by atoms with Crippen LogP contribution in [0.1, 0.15) is 34.5 Å². The van der Waals surface area contributed by atoms with E-state index in [1.165, 1.54) is 27.9 Å². The van der Waals surface area contributed by atoms with Crippen LogP contribution in [0.4, 0.5) is 0 Å². The largest absolute Gasteiger partial charge is 0.378 e. The molecular weight excluding hydrogens is 476 g/mol. The second-order valence-electron chi connectivity index (χ2n) is 9.19. The van der Waals surface area contributed by atoms with Crippen molar-refractivity contribution >= 4 is 45.7 Å². The molecule has 1 N–H and O–H groups in total. The number of benzene rings is 1. The van der Waals surface area contributed by atoms with Crippen LogP contribution in [0, 0.1) is 33.1 Å². The summed E-state index contributed by atoms with van der Waals surface area (Å²) >= 11 is 1.17. The van der Waals surface area contributed by atoms with Gasteiger partial charge in [0.25, 0.3) is 5.91 Å². The molecule has 0 aliphatic carbocycles. The Morgan fingerprint density at radius 2 is 1.81 bits per heavy atom. The molecule has 3 aliphatic heterocycles. The summed E-state index contributed by atoms with van der Waals surface area (Å²) < 4.78 is 7.46. The molecule has 5 rings (SSSR count). The number of carbonyl (C=O) groups excluding carboxylic acids is 2. The van der Waals surface area contributed by atoms with Gasteiger partial charge in [0.2, 0.25) is 11.1 Å². The van der Waals surface area contributed by atoms with Crippen LogP contribution in [0.15, 0.2) is 39.9 Å². The first kappa shape index (κ1) is 24.2. The summed E-state index contributed by atoms with van der Waals surface area (Å²) in [5.41, 5.74) is 6.43. The van der Waals surface area contributed by atoms with E-state index in [9.17, 15) is 9.59 Å². The molecule has 2 aromatic rings. The average molecular weight is 505 g/mol. The number of nitrogens with zero attached hydrogens (tertiary/aromatic N) is 5. The molecule has 0 saturated carbocycles. The molecule has 1 fully saturated rings. The van der Waals surface area contributed by atoms with Gasteiger partial charge in [-0.1, -0.05) is 6.07 Å². The van der Waals surface area contributed by atoms with E-state index < -0.39 is 5.91 Å². The molecule has 1 aromatic carbocycles. The first-order valence-corrected chi connectivity index (χ1v) is 12.6. The Labute approximate surface area is 214 Å². The Balaban J connectivity index is 1.41. The van der Waals surface area contributed by atoms with Gasteiger partial charge in [0.15, 0.2) is 5.84 Å².